The number of nitrogens with zero attached hydrogens (tertiary/aromatic N) is 1. The Kier molecular flexibility index (Phi) is 2.34. The largest absolute Gasteiger partial charge is 0.331 e. The summed E-state index contributed by atoms with van der Waals surface area (Å²) < 4.78 is 14.0. The first kappa shape index (κ1) is 9.74. The Balaban J connectivity index is 1.99. The second-order valence-electron chi connectivity index (χ2n) is 3.27. The van der Waals surface area contributed by atoms with Crippen molar-refractivity contribution < 1.29 is 4.39 Å². The smallest absolute Gasteiger partial charge is 0.188 e. The minimum atomic E-state index is -0.250. The maximum absolute atomic E-state index is 13.0. The van der Waals surface area contributed by atoms with Crippen molar-refractivity contribution in [3.8, 4) is 0 Å². The number of benzene rings is 1. The molecule has 0 fully saturated rings. The summed E-state index contributed by atoms with van der Waals surface area (Å²) in [6, 6.07) is 6.64. The molecule has 0 saturated carbocycles. The van der Waals surface area contributed by atoms with Crippen molar-refractivity contribution in [3.63, 3.8) is 0 Å². The lowest BCUT2D eigenvalue weighted by Crippen LogP contribution is -1.85. The van der Waals surface area contributed by atoms with E-state index < -0.39 is 0 Å². The van der Waals surface area contributed by atoms with Crippen LogP contribution in [-0.4, -0.2) is 4.98 Å². The Morgan fingerprint density at radius 2 is 2.19 bits per heavy atom. The number of hydrogen-bond acceptors (Lipinski definition) is 4. The van der Waals surface area contributed by atoms with Gasteiger partial charge in [0.25, 0.3) is 0 Å². The quantitative estimate of drug-likeness (QED) is 0.735. The molecule has 2 nitrogen and oxygen atoms in total. The summed E-state index contributed by atoms with van der Waals surface area (Å²) >= 11 is 3.14. The van der Waals surface area contributed by atoms with Crippen LogP contribution in [-0.2, 0) is 0 Å². The first-order valence-electron chi connectivity index (χ1n) is 4.66. The molecule has 3 aromatic rings. The van der Waals surface area contributed by atoms with E-state index in [-0.39, 0.29) is 5.82 Å². The van der Waals surface area contributed by atoms with Crippen molar-refractivity contribution in [2.45, 2.75) is 0 Å². The van der Waals surface area contributed by atoms with Crippen LogP contribution >= 0.6 is 22.7 Å². The van der Waals surface area contributed by atoms with Gasteiger partial charge in [0.05, 0.1) is 15.9 Å². The number of hydrogen-bond donors (Lipinski definition) is 1. The zero-order chi connectivity index (χ0) is 11.0. The number of nitrogens with one attached hydrogen (secondary N) is 1. The first-order chi connectivity index (χ1) is 7.81. The lowest BCUT2D eigenvalue weighted by Gasteiger charge is -1.95. The molecule has 80 valence electrons. The molecule has 0 aliphatic heterocycles. The van der Waals surface area contributed by atoms with Gasteiger partial charge in [0, 0.05) is 11.4 Å². The first-order valence-corrected chi connectivity index (χ1v) is 6.42. The third-order valence-electron chi connectivity index (χ3n) is 2.12. The van der Waals surface area contributed by atoms with Crippen molar-refractivity contribution in [2.24, 2.45) is 0 Å². The molecule has 0 aliphatic carbocycles. The second-order valence-corrected chi connectivity index (χ2v) is 5.08. The van der Waals surface area contributed by atoms with Crippen LogP contribution < -0.4 is 5.32 Å². The molecule has 1 N–H and O–H groups in total. The van der Waals surface area contributed by atoms with Crippen molar-refractivity contribution in [1.82, 2.24) is 4.98 Å². The summed E-state index contributed by atoms with van der Waals surface area (Å²) in [5.41, 5.74) is 1.72. The Morgan fingerprint density at radius 3 is 3.00 bits per heavy atom. The van der Waals surface area contributed by atoms with Gasteiger partial charge in [-0.1, -0.05) is 11.3 Å². The number of halogens is 1. The predicted octanol–water partition coefficient (Wildman–Crippen LogP) is 4.24. The van der Waals surface area contributed by atoms with Crippen LogP contribution in [0.1, 0.15) is 0 Å². The molecule has 0 unspecified atom stereocenters. The summed E-state index contributed by atoms with van der Waals surface area (Å²) in [4.78, 5) is 4.32. The molecule has 0 bridgehead atoms. The fraction of sp³-hybridized carbons (Fsp3) is 0. The van der Waals surface area contributed by atoms with Gasteiger partial charge < -0.3 is 5.32 Å². The molecule has 5 heteroatoms. The van der Waals surface area contributed by atoms with Crippen LogP contribution in [0.3, 0.4) is 0 Å². The molecule has 0 atom stereocenters. The highest BCUT2D eigenvalue weighted by molar-refractivity contribution is 7.22. The van der Waals surface area contributed by atoms with Crippen molar-refractivity contribution in [1.29, 1.82) is 0 Å². The van der Waals surface area contributed by atoms with Gasteiger partial charge in [-0.05, 0) is 23.6 Å². The van der Waals surface area contributed by atoms with E-state index in [9.17, 15) is 4.39 Å². The molecular formula is C11H7FN2S2. The molecular weight excluding hydrogens is 243 g/mol. The fourth-order valence-electron chi connectivity index (χ4n) is 1.41. The molecule has 1 aromatic carbocycles. The molecule has 2 heterocycles. The van der Waals surface area contributed by atoms with Gasteiger partial charge in [-0.15, -0.1) is 0 Å². The highest BCUT2D eigenvalue weighted by atomic mass is 32.1. The standard InChI is InChI=1S/C11H7FN2S2/c12-7-1-2-10-9(5-7)14-11(16-10)13-8-3-4-15-6-8/h1-6H,(H,13,14). The van der Waals surface area contributed by atoms with E-state index in [0.29, 0.717) is 5.52 Å². The Morgan fingerprint density at radius 1 is 1.25 bits per heavy atom. The van der Waals surface area contributed by atoms with Crippen LogP contribution in [0.4, 0.5) is 15.2 Å². The number of thiazole rings is 1. The van der Waals surface area contributed by atoms with Gasteiger partial charge in [0.15, 0.2) is 5.13 Å². The van der Waals surface area contributed by atoms with E-state index in [0.717, 1.165) is 15.5 Å². The summed E-state index contributed by atoms with van der Waals surface area (Å²) in [6.07, 6.45) is 0. The van der Waals surface area contributed by atoms with Gasteiger partial charge in [-0.3, -0.25) is 0 Å². The predicted molar refractivity (Wildman–Crippen MR) is 67.2 cm³/mol. The minimum absolute atomic E-state index is 0.250. The lowest BCUT2D eigenvalue weighted by atomic mass is 10.3. The molecule has 0 spiro atoms. The van der Waals surface area contributed by atoms with E-state index in [1.54, 1.807) is 17.4 Å². The van der Waals surface area contributed by atoms with Gasteiger partial charge >= 0.3 is 0 Å². The number of fused-ring (bicyclic) bond motifs is 1. The molecule has 0 radical (unpaired) electrons. The third-order valence-corrected chi connectivity index (χ3v) is 3.76. The number of aromatic nitrogens is 1. The van der Waals surface area contributed by atoms with Crippen LogP contribution in [0, 0.1) is 5.82 Å². The van der Waals surface area contributed by atoms with Gasteiger partial charge in [-0.2, -0.15) is 11.3 Å². The Hall–Kier alpha value is -1.46. The highest BCUT2D eigenvalue weighted by Crippen LogP contribution is 2.29. The SMILES string of the molecule is Fc1ccc2sc(Nc3ccsc3)nc2c1. The van der Waals surface area contributed by atoms with E-state index in [4.69, 9.17) is 0 Å². The monoisotopic (exact) mass is 250 g/mol. The van der Waals surface area contributed by atoms with Gasteiger partial charge in [-0.25, -0.2) is 9.37 Å². The van der Waals surface area contributed by atoms with E-state index in [1.807, 2.05) is 16.8 Å². The van der Waals surface area contributed by atoms with E-state index in [1.165, 1.54) is 23.5 Å². The number of anilines is 2. The van der Waals surface area contributed by atoms with Crippen molar-refractivity contribution >= 4 is 43.7 Å². The minimum Gasteiger partial charge on any atom is -0.331 e. The number of rotatable bonds is 2. The molecule has 3 rings (SSSR count). The molecule has 16 heavy (non-hydrogen) atoms. The molecule has 0 aliphatic rings. The zero-order valence-corrected chi connectivity index (χ0v) is 9.74. The van der Waals surface area contributed by atoms with Crippen LogP contribution in [0.5, 0.6) is 0 Å². The lowest BCUT2D eigenvalue weighted by molar-refractivity contribution is 0.629. The number of thiophene rings is 1. The summed E-state index contributed by atoms with van der Waals surface area (Å²) in [5.74, 6) is -0.250. The van der Waals surface area contributed by atoms with Crippen LogP contribution in [0.25, 0.3) is 10.2 Å². The van der Waals surface area contributed by atoms with Gasteiger partial charge in [0.1, 0.15) is 5.82 Å². The molecule has 0 amide bonds. The van der Waals surface area contributed by atoms with E-state index >= 15 is 0 Å². The van der Waals surface area contributed by atoms with Crippen LogP contribution in [0.2, 0.25) is 0 Å². The summed E-state index contributed by atoms with van der Waals surface area (Å²) in [6.45, 7) is 0. The Labute approximate surface area is 99.4 Å². The van der Waals surface area contributed by atoms with Crippen molar-refractivity contribution in [2.75, 3.05) is 5.32 Å². The summed E-state index contributed by atoms with van der Waals surface area (Å²) in [7, 11) is 0. The maximum atomic E-state index is 13.0. The third kappa shape index (κ3) is 1.79. The molecule has 0 saturated heterocycles. The average molecular weight is 250 g/mol. The topological polar surface area (TPSA) is 24.9 Å². The van der Waals surface area contributed by atoms with Crippen LogP contribution in [0.15, 0.2) is 35.0 Å². The second kappa shape index (κ2) is 3.84. The Bertz CT molecular complexity index is 616. The highest BCUT2D eigenvalue weighted by Gasteiger charge is 2.04. The average Bonchev–Trinajstić information content (AvgIpc) is 2.86. The van der Waals surface area contributed by atoms with Crippen molar-refractivity contribution in [3.05, 3.63) is 40.8 Å². The molecule has 2 aromatic heterocycles. The van der Waals surface area contributed by atoms with Gasteiger partial charge in [0.2, 0.25) is 0 Å². The zero-order valence-electron chi connectivity index (χ0n) is 8.11. The normalized spacial score (nSPS) is 10.8. The maximum Gasteiger partial charge on any atom is 0.188 e. The summed E-state index contributed by atoms with van der Waals surface area (Å²) in [5, 5.41) is 7.98. The van der Waals surface area contributed by atoms with E-state index in [2.05, 4.69) is 10.3 Å². The fourth-order valence-corrected chi connectivity index (χ4v) is 2.87.